The van der Waals surface area contributed by atoms with Crippen molar-refractivity contribution in [3.05, 3.63) is 47.8 Å². The second-order valence-corrected chi connectivity index (χ2v) is 8.33. The lowest BCUT2D eigenvalue weighted by Gasteiger charge is -2.44. The van der Waals surface area contributed by atoms with Gasteiger partial charge in [-0.05, 0) is 24.8 Å². The number of aromatic nitrogens is 2. The van der Waals surface area contributed by atoms with Crippen LogP contribution in [0, 0.1) is 5.92 Å². The van der Waals surface area contributed by atoms with Gasteiger partial charge in [-0.3, -0.25) is 4.79 Å². The van der Waals surface area contributed by atoms with Gasteiger partial charge in [0.25, 0.3) is 0 Å². The lowest BCUT2D eigenvalue weighted by Crippen LogP contribution is -2.51. The first-order valence-electron chi connectivity index (χ1n) is 10.9. The Bertz CT molecular complexity index is 895. The van der Waals surface area contributed by atoms with E-state index in [0.29, 0.717) is 39.5 Å². The summed E-state index contributed by atoms with van der Waals surface area (Å²) in [6.07, 6.45) is 4.32. The van der Waals surface area contributed by atoms with Gasteiger partial charge in [0, 0.05) is 37.9 Å². The number of nitrogens with zero attached hydrogens (tertiary/aromatic N) is 3. The predicted molar refractivity (Wildman–Crippen MR) is 119 cm³/mol. The minimum Gasteiger partial charge on any atom is -0.379 e. The van der Waals surface area contributed by atoms with Crippen LogP contribution in [0.3, 0.4) is 0 Å². The van der Waals surface area contributed by atoms with Gasteiger partial charge in [-0.25, -0.2) is 9.97 Å². The van der Waals surface area contributed by atoms with Gasteiger partial charge in [0.1, 0.15) is 5.60 Å². The van der Waals surface area contributed by atoms with Crippen LogP contribution >= 0.6 is 12.4 Å². The molecule has 2 saturated heterocycles. The van der Waals surface area contributed by atoms with Gasteiger partial charge >= 0.3 is 0 Å². The van der Waals surface area contributed by atoms with Crippen LogP contribution in [0.2, 0.25) is 0 Å². The molecule has 166 valence electrons. The molecule has 31 heavy (non-hydrogen) atoms. The molecule has 3 aliphatic rings. The third kappa shape index (κ3) is 4.46. The summed E-state index contributed by atoms with van der Waals surface area (Å²) in [5.41, 5.74) is 2.76. The fourth-order valence-corrected chi connectivity index (χ4v) is 4.73. The van der Waals surface area contributed by atoms with Gasteiger partial charge in [0.2, 0.25) is 5.91 Å². The summed E-state index contributed by atoms with van der Waals surface area (Å²) in [4.78, 5) is 24.5. The molecular weight excluding hydrogens is 416 g/mol. The summed E-state index contributed by atoms with van der Waals surface area (Å²) in [6, 6.07) is 10.1. The highest BCUT2D eigenvalue weighted by Crippen LogP contribution is 2.41. The van der Waals surface area contributed by atoms with E-state index < -0.39 is 5.60 Å². The Labute approximate surface area is 189 Å². The van der Waals surface area contributed by atoms with Crippen LogP contribution in [0.5, 0.6) is 0 Å². The molecule has 4 heterocycles. The fraction of sp³-hybridized carbons (Fsp3) is 0.522. The molecule has 2 aromatic rings. The minimum absolute atomic E-state index is 0. The van der Waals surface area contributed by atoms with Crippen LogP contribution in [0.4, 0.5) is 0 Å². The van der Waals surface area contributed by atoms with Crippen molar-refractivity contribution >= 4 is 18.3 Å². The molecule has 0 saturated carbocycles. The van der Waals surface area contributed by atoms with Crippen LogP contribution in [0.1, 0.15) is 24.1 Å². The lowest BCUT2D eigenvalue weighted by molar-refractivity contribution is -0.146. The Morgan fingerprint density at radius 1 is 1.16 bits per heavy atom. The molecular formula is C23H29ClN4O3. The van der Waals surface area contributed by atoms with Crippen LogP contribution in [-0.4, -0.2) is 66.8 Å². The maximum Gasteiger partial charge on any atom is 0.229 e. The van der Waals surface area contributed by atoms with Crippen molar-refractivity contribution in [2.75, 3.05) is 46.0 Å². The van der Waals surface area contributed by atoms with Gasteiger partial charge in [-0.2, -0.15) is 0 Å². The van der Waals surface area contributed by atoms with E-state index in [0.717, 1.165) is 42.9 Å². The first-order valence-corrected chi connectivity index (χ1v) is 10.9. The maximum absolute atomic E-state index is 13.0. The summed E-state index contributed by atoms with van der Waals surface area (Å²) in [5, 5.41) is 3.29. The SMILES string of the molecule is Cl.O=C(C1CNCCOC1)N1CCC2(CC1)OCCc1cnc(-c3ccccc3)nc12. The highest BCUT2D eigenvalue weighted by atomic mass is 35.5. The highest BCUT2D eigenvalue weighted by Gasteiger charge is 2.44. The number of amides is 1. The Morgan fingerprint density at radius 2 is 1.97 bits per heavy atom. The van der Waals surface area contributed by atoms with Crippen molar-refractivity contribution in [1.29, 1.82) is 0 Å². The van der Waals surface area contributed by atoms with Crippen molar-refractivity contribution in [1.82, 2.24) is 20.2 Å². The zero-order chi connectivity index (χ0) is 20.4. The number of likely N-dealkylation sites (tertiary alicyclic amines) is 1. The monoisotopic (exact) mass is 444 g/mol. The van der Waals surface area contributed by atoms with Crippen LogP contribution in [0.25, 0.3) is 11.4 Å². The number of benzene rings is 1. The maximum atomic E-state index is 13.0. The minimum atomic E-state index is -0.422. The molecule has 1 unspecified atom stereocenters. The Balaban J connectivity index is 0.00000231. The Hall–Kier alpha value is -2.06. The topological polar surface area (TPSA) is 76.6 Å². The van der Waals surface area contributed by atoms with Crippen molar-refractivity contribution in [3.63, 3.8) is 0 Å². The molecule has 1 amide bonds. The summed E-state index contributed by atoms with van der Waals surface area (Å²) in [5.74, 6) is 0.815. The van der Waals surface area contributed by atoms with E-state index in [4.69, 9.17) is 14.5 Å². The van der Waals surface area contributed by atoms with Gasteiger partial charge in [0.15, 0.2) is 5.82 Å². The normalized spacial score (nSPS) is 22.8. The summed E-state index contributed by atoms with van der Waals surface area (Å²) in [6.45, 7) is 4.70. The van der Waals surface area contributed by atoms with Gasteiger partial charge in [-0.1, -0.05) is 30.3 Å². The third-order valence-corrected chi connectivity index (χ3v) is 6.44. The molecule has 5 rings (SSSR count). The third-order valence-electron chi connectivity index (χ3n) is 6.44. The number of nitrogens with one attached hydrogen (secondary N) is 1. The standard InChI is InChI=1S/C23H28N4O3.ClH/c28-22(19-14-24-9-13-29-16-19)27-10-7-23(8-11-27)20-18(6-12-30-23)15-25-21(26-20)17-4-2-1-3-5-17;/h1-5,15,19,24H,6-14,16H2;1H. The molecule has 0 radical (unpaired) electrons. The molecule has 3 aliphatic heterocycles. The smallest absolute Gasteiger partial charge is 0.229 e. The van der Waals surface area contributed by atoms with Crippen molar-refractivity contribution in [3.8, 4) is 11.4 Å². The largest absolute Gasteiger partial charge is 0.379 e. The molecule has 0 aliphatic carbocycles. The number of rotatable bonds is 2. The Kier molecular flexibility index (Phi) is 6.86. The van der Waals surface area contributed by atoms with E-state index in [1.165, 1.54) is 5.56 Å². The number of hydrogen-bond donors (Lipinski definition) is 1. The fourth-order valence-electron chi connectivity index (χ4n) is 4.73. The quantitative estimate of drug-likeness (QED) is 0.765. The van der Waals surface area contributed by atoms with E-state index >= 15 is 0 Å². The number of carbonyl (C=O) groups excluding carboxylic acids is 1. The molecule has 1 atom stereocenters. The average molecular weight is 445 g/mol. The van der Waals surface area contributed by atoms with E-state index in [-0.39, 0.29) is 24.2 Å². The number of halogens is 1. The van der Waals surface area contributed by atoms with Crippen molar-refractivity contribution < 1.29 is 14.3 Å². The van der Waals surface area contributed by atoms with Crippen LogP contribution < -0.4 is 5.32 Å². The first kappa shape index (κ1) is 22.1. The van der Waals surface area contributed by atoms with Crippen LogP contribution in [0.15, 0.2) is 36.5 Å². The second-order valence-electron chi connectivity index (χ2n) is 8.33. The zero-order valence-corrected chi connectivity index (χ0v) is 18.4. The number of piperidine rings is 1. The zero-order valence-electron chi connectivity index (χ0n) is 17.6. The second kappa shape index (κ2) is 9.61. The molecule has 1 aromatic carbocycles. The predicted octanol–water partition coefficient (Wildman–Crippen LogP) is 2.19. The van der Waals surface area contributed by atoms with Gasteiger partial charge in [0.05, 0.1) is 31.4 Å². The lowest BCUT2D eigenvalue weighted by atomic mass is 9.83. The van der Waals surface area contributed by atoms with Crippen LogP contribution in [-0.2, 0) is 26.3 Å². The van der Waals surface area contributed by atoms with E-state index in [9.17, 15) is 4.79 Å². The average Bonchev–Trinajstić information content (AvgIpc) is 3.10. The number of fused-ring (bicyclic) bond motifs is 2. The molecule has 2 fully saturated rings. The number of carbonyl (C=O) groups is 1. The molecule has 1 N–H and O–H groups in total. The summed E-state index contributed by atoms with van der Waals surface area (Å²) in [7, 11) is 0. The van der Waals surface area contributed by atoms with E-state index in [2.05, 4.69) is 10.3 Å². The number of hydrogen-bond acceptors (Lipinski definition) is 6. The molecule has 0 bridgehead atoms. The highest BCUT2D eigenvalue weighted by molar-refractivity contribution is 5.85. The number of ether oxygens (including phenoxy) is 2. The summed E-state index contributed by atoms with van der Waals surface area (Å²) >= 11 is 0. The van der Waals surface area contributed by atoms with Gasteiger partial charge < -0.3 is 19.7 Å². The Morgan fingerprint density at radius 3 is 2.77 bits per heavy atom. The van der Waals surface area contributed by atoms with Crippen molar-refractivity contribution in [2.45, 2.75) is 24.9 Å². The van der Waals surface area contributed by atoms with E-state index in [1.54, 1.807) is 0 Å². The molecule has 7 nitrogen and oxygen atoms in total. The van der Waals surface area contributed by atoms with Gasteiger partial charge in [-0.15, -0.1) is 12.4 Å². The first-order chi connectivity index (χ1) is 14.8. The van der Waals surface area contributed by atoms with E-state index in [1.807, 2.05) is 41.4 Å². The molecule has 1 spiro atoms. The van der Waals surface area contributed by atoms with Crippen molar-refractivity contribution in [2.24, 2.45) is 5.92 Å². The molecule has 1 aromatic heterocycles. The molecule has 8 heteroatoms. The summed E-state index contributed by atoms with van der Waals surface area (Å²) < 4.78 is 11.9.